The first-order valence-electron chi connectivity index (χ1n) is 10.9. The number of carbonyl (C=O) groups excluding carboxylic acids is 2. The molecule has 0 spiro atoms. The molecular weight excluding hydrogens is 388 g/mol. The molecule has 5 heteroatoms. The van der Waals surface area contributed by atoms with Crippen molar-refractivity contribution in [2.24, 2.45) is 0 Å². The van der Waals surface area contributed by atoms with Gasteiger partial charge in [0.15, 0.2) is 17.2 Å². The monoisotopic (exact) mass is 424 g/mol. The van der Waals surface area contributed by atoms with E-state index >= 15 is 0 Å². The topological polar surface area (TPSA) is 60.7 Å². The van der Waals surface area contributed by atoms with Crippen molar-refractivity contribution in [2.45, 2.75) is 62.3 Å². The lowest BCUT2D eigenvalue weighted by atomic mass is 10.1. The van der Waals surface area contributed by atoms with Gasteiger partial charge in [0.25, 0.3) is 0 Å². The van der Waals surface area contributed by atoms with E-state index in [1.165, 1.54) is 13.0 Å². The molecule has 1 aromatic carbocycles. The number of rotatable bonds is 4. The summed E-state index contributed by atoms with van der Waals surface area (Å²) in [6.45, 7) is 17.1. The first-order chi connectivity index (χ1) is 15.0. The highest BCUT2D eigenvalue weighted by Gasteiger charge is 2.19. The van der Waals surface area contributed by atoms with Crippen molar-refractivity contribution in [3.63, 3.8) is 0 Å². The summed E-state index contributed by atoms with van der Waals surface area (Å²) in [5, 5.41) is 0. The van der Waals surface area contributed by atoms with Crippen molar-refractivity contribution in [2.75, 3.05) is 0 Å². The van der Waals surface area contributed by atoms with Gasteiger partial charge in [0.2, 0.25) is 0 Å². The number of ether oxygens (including phenoxy) is 1. The maximum Gasteiger partial charge on any atom is 0.308 e. The number of aryl methyl sites for hydroxylation is 2. The minimum Gasteiger partial charge on any atom is -0.422 e. The molecule has 0 amide bonds. The summed E-state index contributed by atoms with van der Waals surface area (Å²) in [4.78, 5) is 28.6. The molecule has 5 nitrogen and oxygen atoms in total. The Morgan fingerprint density at radius 1 is 0.935 bits per heavy atom. The first-order valence-corrected chi connectivity index (χ1v) is 10.9. The van der Waals surface area contributed by atoms with Crippen LogP contribution in [0.4, 0.5) is 0 Å². The molecule has 2 heterocycles. The number of hydrogen-bond donors (Lipinski definition) is 0. The van der Waals surface area contributed by atoms with Crippen LogP contribution in [0.2, 0.25) is 0 Å². The van der Waals surface area contributed by atoms with Gasteiger partial charge in [0.05, 0.1) is 11.3 Å². The van der Waals surface area contributed by atoms with Gasteiger partial charge in [-0.3, -0.25) is 9.59 Å². The number of imidazole rings is 1. The van der Waals surface area contributed by atoms with Crippen LogP contribution >= 0.6 is 0 Å². The summed E-state index contributed by atoms with van der Waals surface area (Å²) < 4.78 is 7.13. The van der Waals surface area contributed by atoms with Crippen LogP contribution in [-0.4, -0.2) is 21.1 Å². The predicted octanol–water partition coefficient (Wildman–Crippen LogP) is 6.85. The van der Waals surface area contributed by atoms with E-state index in [1.807, 2.05) is 90.1 Å². The molecule has 3 rings (SSSR count). The van der Waals surface area contributed by atoms with Crippen LogP contribution in [0.3, 0.4) is 0 Å². The van der Waals surface area contributed by atoms with Gasteiger partial charge < -0.3 is 9.14 Å². The molecule has 2 aromatic heterocycles. The minimum atomic E-state index is -0.493. The van der Waals surface area contributed by atoms with Gasteiger partial charge >= 0.3 is 5.97 Å². The van der Waals surface area contributed by atoms with Crippen LogP contribution in [0, 0.1) is 13.8 Å². The number of nitrogens with zero attached hydrogens (tertiary/aromatic N) is 2. The zero-order chi connectivity index (χ0) is 24.0. The van der Waals surface area contributed by atoms with Gasteiger partial charge in [-0.15, -0.1) is 0 Å². The number of ketones is 1. The van der Waals surface area contributed by atoms with E-state index in [2.05, 4.69) is 4.98 Å². The van der Waals surface area contributed by atoms with Gasteiger partial charge in [0, 0.05) is 18.8 Å². The number of fused-ring (bicyclic) bond motifs is 1. The van der Waals surface area contributed by atoms with Gasteiger partial charge in [-0.2, -0.15) is 0 Å². The van der Waals surface area contributed by atoms with Crippen LogP contribution in [0.5, 0.6) is 5.75 Å². The molecule has 3 aromatic rings. The van der Waals surface area contributed by atoms with Crippen molar-refractivity contribution in [1.29, 1.82) is 0 Å². The van der Waals surface area contributed by atoms with Crippen molar-refractivity contribution in [3.8, 4) is 5.75 Å². The normalized spacial score (nSPS) is 9.58. The fourth-order valence-corrected chi connectivity index (χ4v) is 2.58. The molecule has 0 aliphatic rings. The second-order valence-electron chi connectivity index (χ2n) is 5.74. The highest BCUT2D eigenvalue weighted by Crippen LogP contribution is 2.27. The predicted molar refractivity (Wildman–Crippen MR) is 130 cm³/mol. The van der Waals surface area contributed by atoms with Crippen LogP contribution in [0.15, 0.2) is 48.7 Å². The van der Waals surface area contributed by atoms with Crippen molar-refractivity contribution < 1.29 is 14.3 Å². The minimum absolute atomic E-state index is 0.189. The Kier molecular flexibility index (Phi) is 13.2. The standard InChI is InChI=1S/C20H18N2O3.3C2H6/c1-13-14(2)22-12-11-17(19(20(22)21-13)25-15(3)23)18(24)10-9-16-7-5-4-6-8-16;3*1-2/h4-12H,1-3H3;3*1-2H3/b10-9+;;;. The lowest BCUT2D eigenvalue weighted by Crippen LogP contribution is -2.09. The fourth-order valence-electron chi connectivity index (χ4n) is 2.58. The quantitative estimate of drug-likeness (QED) is 0.261. The second kappa shape index (κ2) is 14.7. The summed E-state index contributed by atoms with van der Waals surface area (Å²) in [5.41, 5.74) is 3.43. The Bertz CT molecular complexity index is 987. The van der Waals surface area contributed by atoms with Crippen molar-refractivity contribution in [3.05, 3.63) is 71.2 Å². The molecular formula is C26H36N2O3. The van der Waals surface area contributed by atoms with Crippen LogP contribution < -0.4 is 4.74 Å². The lowest BCUT2D eigenvalue weighted by Gasteiger charge is -2.08. The molecule has 0 atom stereocenters. The average Bonchev–Trinajstić information content (AvgIpc) is 3.11. The maximum atomic E-state index is 12.6. The Labute approximate surface area is 186 Å². The number of aromatic nitrogens is 2. The third kappa shape index (κ3) is 7.52. The number of hydrogen-bond acceptors (Lipinski definition) is 4. The molecule has 0 fully saturated rings. The zero-order valence-electron chi connectivity index (χ0n) is 20.3. The molecule has 0 aliphatic carbocycles. The summed E-state index contributed by atoms with van der Waals surface area (Å²) >= 11 is 0. The van der Waals surface area contributed by atoms with E-state index in [4.69, 9.17) is 4.74 Å². The summed E-state index contributed by atoms with van der Waals surface area (Å²) in [6.07, 6.45) is 4.96. The molecule has 31 heavy (non-hydrogen) atoms. The van der Waals surface area contributed by atoms with E-state index in [1.54, 1.807) is 18.3 Å². The van der Waals surface area contributed by atoms with Gasteiger partial charge in [-0.25, -0.2) is 4.98 Å². The van der Waals surface area contributed by atoms with Crippen molar-refractivity contribution >= 4 is 23.5 Å². The molecule has 0 N–H and O–H groups in total. The third-order valence-electron chi connectivity index (χ3n) is 3.96. The van der Waals surface area contributed by atoms with E-state index in [-0.39, 0.29) is 11.5 Å². The van der Waals surface area contributed by atoms with E-state index in [9.17, 15) is 9.59 Å². The molecule has 0 saturated carbocycles. The average molecular weight is 425 g/mol. The number of carbonyl (C=O) groups is 2. The summed E-state index contributed by atoms with van der Waals surface area (Å²) in [5.74, 6) is -0.553. The third-order valence-corrected chi connectivity index (χ3v) is 3.96. The maximum absolute atomic E-state index is 12.6. The molecule has 0 bridgehead atoms. The Morgan fingerprint density at radius 3 is 2.06 bits per heavy atom. The largest absolute Gasteiger partial charge is 0.422 e. The number of benzene rings is 1. The first kappa shape index (κ1) is 27.8. The van der Waals surface area contributed by atoms with Crippen LogP contribution in [-0.2, 0) is 4.79 Å². The molecule has 0 aliphatic heterocycles. The van der Waals surface area contributed by atoms with E-state index in [0.29, 0.717) is 11.2 Å². The Balaban J connectivity index is 0.00000138. The molecule has 0 saturated heterocycles. The Morgan fingerprint density at radius 2 is 1.52 bits per heavy atom. The van der Waals surface area contributed by atoms with Crippen LogP contribution in [0.25, 0.3) is 11.7 Å². The van der Waals surface area contributed by atoms with E-state index < -0.39 is 5.97 Å². The number of esters is 1. The van der Waals surface area contributed by atoms with Crippen LogP contribution in [0.1, 0.15) is 75.8 Å². The van der Waals surface area contributed by atoms with Crippen molar-refractivity contribution in [1.82, 2.24) is 9.38 Å². The second-order valence-corrected chi connectivity index (χ2v) is 5.74. The van der Waals surface area contributed by atoms with Gasteiger partial charge in [-0.05, 0) is 31.6 Å². The number of allylic oxidation sites excluding steroid dienone is 1. The van der Waals surface area contributed by atoms with E-state index in [0.717, 1.165) is 17.0 Å². The Hall–Kier alpha value is -3.21. The molecule has 0 unspecified atom stereocenters. The highest BCUT2D eigenvalue weighted by molar-refractivity contribution is 6.10. The van der Waals surface area contributed by atoms with Gasteiger partial charge in [0.1, 0.15) is 0 Å². The fraction of sp³-hybridized carbons (Fsp3) is 0.346. The lowest BCUT2D eigenvalue weighted by molar-refractivity contribution is -0.131. The summed E-state index contributed by atoms with van der Waals surface area (Å²) in [6, 6.07) is 11.2. The summed E-state index contributed by atoms with van der Waals surface area (Å²) in [7, 11) is 0. The van der Waals surface area contributed by atoms with Gasteiger partial charge in [-0.1, -0.05) is 78.0 Å². The zero-order valence-corrected chi connectivity index (χ0v) is 20.3. The smallest absolute Gasteiger partial charge is 0.308 e. The molecule has 168 valence electrons. The highest BCUT2D eigenvalue weighted by atomic mass is 16.5. The number of pyridine rings is 1. The molecule has 0 radical (unpaired) electrons. The SMILES string of the molecule is CC.CC.CC.CC(=O)Oc1c(C(=O)/C=C/c2ccccc2)ccn2c(C)c(C)nc12.